The second-order valence-electron chi connectivity index (χ2n) is 5.19. The van der Waals surface area contributed by atoms with Gasteiger partial charge in [-0.3, -0.25) is 14.6 Å². The zero-order valence-corrected chi connectivity index (χ0v) is 12.1. The molecule has 0 bridgehead atoms. The molecule has 1 saturated heterocycles. The second kappa shape index (κ2) is 6.43. The zero-order chi connectivity index (χ0) is 15.4. The Morgan fingerprint density at radius 3 is 2.86 bits per heavy atom. The first-order chi connectivity index (χ1) is 10.8. The molecule has 0 saturated carbocycles. The van der Waals surface area contributed by atoms with E-state index in [0.717, 1.165) is 18.4 Å². The van der Waals surface area contributed by atoms with Gasteiger partial charge in [-0.25, -0.2) is 0 Å². The van der Waals surface area contributed by atoms with E-state index in [1.54, 1.807) is 24.5 Å². The van der Waals surface area contributed by atoms with Crippen LogP contribution < -0.4 is 5.32 Å². The van der Waals surface area contributed by atoms with Gasteiger partial charge in [0.15, 0.2) is 5.76 Å². The number of nitrogens with zero attached hydrogens (tertiary/aromatic N) is 2. The van der Waals surface area contributed by atoms with Gasteiger partial charge in [0.1, 0.15) is 0 Å². The molecule has 1 atom stereocenters. The Balaban J connectivity index is 1.61. The highest BCUT2D eigenvalue weighted by Crippen LogP contribution is 2.31. The molecule has 1 N–H and O–H groups in total. The van der Waals surface area contributed by atoms with Gasteiger partial charge in [-0.15, -0.1) is 0 Å². The summed E-state index contributed by atoms with van der Waals surface area (Å²) in [6, 6.07) is 7.12. The molecule has 3 rings (SSSR count). The predicted molar refractivity (Wildman–Crippen MR) is 79.0 cm³/mol. The van der Waals surface area contributed by atoms with Gasteiger partial charge in [0.05, 0.1) is 18.8 Å². The smallest absolute Gasteiger partial charge is 0.287 e. The summed E-state index contributed by atoms with van der Waals surface area (Å²) in [6.07, 6.45) is 6.79. The van der Waals surface area contributed by atoms with Crippen molar-refractivity contribution in [3.63, 3.8) is 0 Å². The molecule has 0 aromatic carbocycles. The lowest BCUT2D eigenvalue weighted by Gasteiger charge is -2.25. The van der Waals surface area contributed by atoms with Crippen LogP contribution in [0.3, 0.4) is 0 Å². The minimum Gasteiger partial charge on any atom is -0.459 e. The number of aromatic nitrogens is 1. The normalized spacial score (nSPS) is 17.5. The van der Waals surface area contributed by atoms with E-state index in [1.165, 1.54) is 6.26 Å². The maximum absolute atomic E-state index is 12.4. The van der Waals surface area contributed by atoms with Crippen LogP contribution in [-0.4, -0.2) is 34.8 Å². The van der Waals surface area contributed by atoms with Crippen molar-refractivity contribution >= 4 is 11.8 Å². The first kappa shape index (κ1) is 14.3. The van der Waals surface area contributed by atoms with Crippen LogP contribution in [0.15, 0.2) is 47.3 Å². The van der Waals surface area contributed by atoms with Crippen molar-refractivity contribution in [1.82, 2.24) is 15.2 Å². The summed E-state index contributed by atoms with van der Waals surface area (Å²) in [7, 11) is 0. The maximum atomic E-state index is 12.4. The molecule has 0 radical (unpaired) electrons. The number of furan rings is 1. The van der Waals surface area contributed by atoms with Gasteiger partial charge in [-0.1, -0.05) is 0 Å². The highest BCUT2D eigenvalue weighted by atomic mass is 16.3. The highest BCUT2D eigenvalue weighted by molar-refractivity contribution is 5.94. The molecule has 6 nitrogen and oxygen atoms in total. The summed E-state index contributed by atoms with van der Waals surface area (Å²) in [6.45, 7) is 0.684. The van der Waals surface area contributed by atoms with Gasteiger partial charge < -0.3 is 14.6 Å². The number of pyridine rings is 1. The Morgan fingerprint density at radius 1 is 1.32 bits per heavy atom. The monoisotopic (exact) mass is 299 g/mol. The molecule has 22 heavy (non-hydrogen) atoms. The van der Waals surface area contributed by atoms with Gasteiger partial charge in [0.2, 0.25) is 5.91 Å². The van der Waals surface area contributed by atoms with Gasteiger partial charge in [0, 0.05) is 18.9 Å². The Kier molecular flexibility index (Phi) is 4.18. The summed E-state index contributed by atoms with van der Waals surface area (Å²) in [4.78, 5) is 30.0. The molecule has 0 aliphatic carbocycles. The molecule has 1 aliphatic heterocycles. The summed E-state index contributed by atoms with van der Waals surface area (Å²) in [5.74, 6) is -0.253. The molecule has 1 aliphatic rings. The van der Waals surface area contributed by atoms with Gasteiger partial charge in [0.25, 0.3) is 5.91 Å². The van der Waals surface area contributed by atoms with Gasteiger partial charge in [-0.2, -0.15) is 0 Å². The zero-order valence-electron chi connectivity index (χ0n) is 12.1. The average molecular weight is 299 g/mol. The fraction of sp³-hybridized carbons (Fsp3) is 0.312. The molecule has 0 spiro atoms. The van der Waals surface area contributed by atoms with Crippen molar-refractivity contribution in [2.24, 2.45) is 0 Å². The molecular weight excluding hydrogens is 282 g/mol. The second-order valence-corrected chi connectivity index (χ2v) is 5.19. The van der Waals surface area contributed by atoms with E-state index in [4.69, 9.17) is 4.42 Å². The van der Waals surface area contributed by atoms with E-state index in [0.29, 0.717) is 6.54 Å². The van der Waals surface area contributed by atoms with Crippen molar-refractivity contribution in [3.8, 4) is 0 Å². The Bertz CT molecular complexity index is 640. The van der Waals surface area contributed by atoms with Crippen LogP contribution in [-0.2, 0) is 4.79 Å². The third kappa shape index (κ3) is 3.00. The molecule has 3 heterocycles. The molecule has 2 amide bonds. The number of rotatable bonds is 4. The fourth-order valence-corrected chi connectivity index (χ4v) is 2.75. The van der Waals surface area contributed by atoms with Crippen LogP contribution >= 0.6 is 0 Å². The first-order valence-corrected chi connectivity index (χ1v) is 7.27. The maximum Gasteiger partial charge on any atom is 0.287 e. The van der Waals surface area contributed by atoms with Crippen molar-refractivity contribution in [3.05, 3.63) is 54.2 Å². The lowest BCUT2D eigenvalue weighted by molar-refractivity contribution is -0.131. The van der Waals surface area contributed by atoms with Crippen LogP contribution in [0.2, 0.25) is 0 Å². The van der Waals surface area contributed by atoms with Crippen LogP contribution in [0, 0.1) is 0 Å². The van der Waals surface area contributed by atoms with Crippen LogP contribution in [0.1, 0.15) is 35.0 Å². The van der Waals surface area contributed by atoms with E-state index < -0.39 is 0 Å². The average Bonchev–Trinajstić information content (AvgIpc) is 3.24. The Hall–Kier alpha value is -2.63. The van der Waals surface area contributed by atoms with Crippen molar-refractivity contribution < 1.29 is 14.0 Å². The summed E-state index contributed by atoms with van der Waals surface area (Å²) < 4.78 is 5.00. The lowest BCUT2D eigenvalue weighted by atomic mass is 10.1. The fourth-order valence-electron chi connectivity index (χ4n) is 2.75. The van der Waals surface area contributed by atoms with E-state index >= 15 is 0 Å². The summed E-state index contributed by atoms with van der Waals surface area (Å²) in [5.41, 5.74) is 1.08. The standard InChI is InChI=1S/C16H17N3O3/c20-15(11-18-16(21)14-4-2-10-22-14)19-9-1-3-13(19)12-5-7-17-8-6-12/h2,4-8,10,13H,1,3,9,11H2,(H,18,21). The number of nitrogens with one attached hydrogen (secondary N) is 1. The third-order valence-electron chi connectivity index (χ3n) is 3.81. The van der Waals surface area contributed by atoms with E-state index in [-0.39, 0.29) is 30.2 Å². The van der Waals surface area contributed by atoms with Gasteiger partial charge in [-0.05, 0) is 42.7 Å². The number of hydrogen-bond donors (Lipinski definition) is 1. The Morgan fingerprint density at radius 2 is 2.14 bits per heavy atom. The molecule has 2 aromatic heterocycles. The molecule has 114 valence electrons. The third-order valence-corrected chi connectivity index (χ3v) is 3.81. The van der Waals surface area contributed by atoms with Crippen molar-refractivity contribution in [1.29, 1.82) is 0 Å². The van der Waals surface area contributed by atoms with Crippen LogP contribution in [0.25, 0.3) is 0 Å². The number of amides is 2. The van der Waals surface area contributed by atoms with E-state index in [2.05, 4.69) is 10.3 Å². The highest BCUT2D eigenvalue weighted by Gasteiger charge is 2.29. The number of likely N-dealkylation sites (tertiary alicyclic amines) is 1. The lowest BCUT2D eigenvalue weighted by Crippen LogP contribution is -2.39. The quantitative estimate of drug-likeness (QED) is 0.933. The summed E-state index contributed by atoms with van der Waals surface area (Å²) >= 11 is 0. The topological polar surface area (TPSA) is 75.4 Å². The molecule has 1 fully saturated rings. The number of hydrogen-bond acceptors (Lipinski definition) is 4. The summed E-state index contributed by atoms with van der Waals surface area (Å²) in [5, 5.41) is 2.60. The number of carbonyl (C=O) groups is 2. The first-order valence-electron chi connectivity index (χ1n) is 7.27. The minimum absolute atomic E-state index is 0.0267. The van der Waals surface area contributed by atoms with Gasteiger partial charge >= 0.3 is 0 Å². The Labute approximate surface area is 128 Å². The van der Waals surface area contributed by atoms with Crippen LogP contribution in [0.5, 0.6) is 0 Å². The van der Waals surface area contributed by atoms with Crippen LogP contribution in [0.4, 0.5) is 0 Å². The van der Waals surface area contributed by atoms with Crippen molar-refractivity contribution in [2.45, 2.75) is 18.9 Å². The number of carbonyl (C=O) groups excluding carboxylic acids is 2. The molecular formula is C16H17N3O3. The van der Waals surface area contributed by atoms with E-state index in [9.17, 15) is 9.59 Å². The predicted octanol–water partition coefficient (Wildman–Crippen LogP) is 1.77. The van der Waals surface area contributed by atoms with E-state index in [1.807, 2.05) is 17.0 Å². The molecule has 1 unspecified atom stereocenters. The SMILES string of the molecule is O=C(NCC(=O)N1CCCC1c1ccncc1)c1ccco1. The molecule has 6 heteroatoms. The largest absolute Gasteiger partial charge is 0.459 e. The minimum atomic E-state index is -0.377. The van der Waals surface area contributed by atoms with Crippen molar-refractivity contribution in [2.75, 3.05) is 13.1 Å². The molecule has 2 aromatic rings.